The summed E-state index contributed by atoms with van der Waals surface area (Å²) >= 11 is 0. The zero-order valence-electron chi connectivity index (χ0n) is 15.6. The van der Waals surface area contributed by atoms with Crippen molar-refractivity contribution in [3.63, 3.8) is 0 Å². The minimum absolute atomic E-state index is 0.160. The Hall–Kier alpha value is -3.17. The minimum atomic E-state index is -4.57. The van der Waals surface area contributed by atoms with Crippen LogP contribution in [0.5, 0.6) is 0 Å². The van der Waals surface area contributed by atoms with Crippen LogP contribution in [0.1, 0.15) is 28.8 Å². The van der Waals surface area contributed by atoms with Gasteiger partial charge in [-0.2, -0.15) is 13.2 Å². The Labute approximate surface area is 168 Å². The second kappa shape index (κ2) is 8.68. The molecule has 160 valence electrons. The lowest BCUT2D eigenvalue weighted by atomic mass is 9.95. The first-order valence-electron chi connectivity index (χ1n) is 9.13. The number of carbonyl (C=O) groups is 2. The van der Waals surface area contributed by atoms with Crippen LogP contribution in [0.2, 0.25) is 0 Å². The number of amides is 2. The molecule has 1 saturated heterocycles. The van der Waals surface area contributed by atoms with Crippen LogP contribution in [0, 0.1) is 17.6 Å². The molecular weight excluding hydrogens is 409 g/mol. The van der Waals surface area contributed by atoms with Crippen LogP contribution in [-0.4, -0.2) is 29.8 Å². The molecule has 0 radical (unpaired) electrons. The summed E-state index contributed by atoms with van der Waals surface area (Å²) in [6, 6.07) is 7.41. The molecule has 30 heavy (non-hydrogen) atoms. The Morgan fingerprint density at radius 3 is 2.30 bits per heavy atom. The van der Waals surface area contributed by atoms with Gasteiger partial charge in [-0.05, 0) is 37.1 Å². The van der Waals surface area contributed by atoms with Crippen LogP contribution in [0.15, 0.2) is 42.5 Å². The van der Waals surface area contributed by atoms with Crippen LogP contribution in [0.25, 0.3) is 0 Å². The lowest BCUT2D eigenvalue weighted by Crippen LogP contribution is -2.44. The van der Waals surface area contributed by atoms with E-state index in [2.05, 4.69) is 10.9 Å². The number of halogens is 5. The molecule has 0 spiro atoms. The zero-order chi connectivity index (χ0) is 21.9. The second-order valence-corrected chi connectivity index (χ2v) is 6.85. The van der Waals surface area contributed by atoms with Crippen LogP contribution in [0.4, 0.5) is 27.6 Å². The monoisotopic (exact) mass is 427 g/mol. The maximum atomic E-state index is 13.8. The maximum Gasteiger partial charge on any atom is 0.418 e. The quantitative estimate of drug-likeness (QED) is 0.573. The lowest BCUT2D eigenvalue weighted by molar-refractivity contribution is -0.137. The number of hydrogen-bond acceptors (Lipinski definition) is 3. The molecular formula is C20H18F5N3O2. The molecule has 2 amide bonds. The summed E-state index contributed by atoms with van der Waals surface area (Å²) in [5.41, 5.74) is 3.13. The van der Waals surface area contributed by atoms with Crippen LogP contribution in [0.3, 0.4) is 0 Å². The molecule has 0 atom stereocenters. The fourth-order valence-corrected chi connectivity index (χ4v) is 3.25. The van der Waals surface area contributed by atoms with Crippen molar-refractivity contribution in [2.45, 2.75) is 19.0 Å². The highest BCUT2D eigenvalue weighted by Gasteiger charge is 2.34. The first-order valence-corrected chi connectivity index (χ1v) is 9.13. The molecule has 2 aromatic carbocycles. The van der Waals surface area contributed by atoms with E-state index in [4.69, 9.17) is 0 Å². The summed E-state index contributed by atoms with van der Waals surface area (Å²) in [6.07, 6.45) is -4.07. The molecule has 1 aliphatic heterocycles. The first-order chi connectivity index (χ1) is 14.2. The molecule has 3 rings (SSSR count). The van der Waals surface area contributed by atoms with Gasteiger partial charge in [-0.3, -0.25) is 20.4 Å². The SMILES string of the molecule is O=C(NNc1ccccc1C(F)(F)F)C1CCN(C(=O)c2ccc(F)cc2F)CC1. The third kappa shape index (κ3) is 4.87. The van der Waals surface area contributed by atoms with Gasteiger partial charge in [-0.1, -0.05) is 12.1 Å². The van der Waals surface area contributed by atoms with E-state index in [1.807, 2.05) is 0 Å². The molecule has 10 heteroatoms. The summed E-state index contributed by atoms with van der Waals surface area (Å²) in [6.45, 7) is 0.319. The van der Waals surface area contributed by atoms with E-state index in [0.717, 1.165) is 18.2 Å². The van der Waals surface area contributed by atoms with Gasteiger partial charge in [-0.25, -0.2) is 8.78 Å². The number of benzene rings is 2. The Balaban J connectivity index is 1.55. The number of anilines is 1. The Morgan fingerprint density at radius 2 is 1.67 bits per heavy atom. The molecule has 5 nitrogen and oxygen atoms in total. The summed E-state index contributed by atoms with van der Waals surface area (Å²) in [4.78, 5) is 26.1. The molecule has 0 aromatic heterocycles. The van der Waals surface area contributed by atoms with Gasteiger partial charge in [0.1, 0.15) is 11.6 Å². The number of para-hydroxylation sites is 1. The van der Waals surface area contributed by atoms with E-state index >= 15 is 0 Å². The van der Waals surface area contributed by atoms with Crippen molar-refractivity contribution in [2.75, 3.05) is 18.5 Å². The average Bonchev–Trinajstić information content (AvgIpc) is 2.71. The molecule has 2 aromatic rings. The number of piperidine rings is 1. The van der Waals surface area contributed by atoms with Crippen LogP contribution >= 0.6 is 0 Å². The Morgan fingerprint density at radius 1 is 1.00 bits per heavy atom. The molecule has 1 heterocycles. The third-order valence-electron chi connectivity index (χ3n) is 4.87. The topological polar surface area (TPSA) is 61.4 Å². The van der Waals surface area contributed by atoms with E-state index in [0.29, 0.717) is 6.07 Å². The highest BCUT2D eigenvalue weighted by atomic mass is 19.4. The number of nitrogens with zero attached hydrogens (tertiary/aromatic N) is 1. The molecule has 0 aliphatic carbocycles. The second-order valence-electron chi connectivity index (χ2n) is 6.85. The minimum Gasteiger partial charge on any atom is -0.339 e. The zero-order valence-corrected chi connectivity index (χ0v) is 15.6. The van der Waals surface area contributed by atoms with Crippen LogP contribution < -0.4 is 10.9 Å². The first kappa shape index (κ1) is 21.5. The summed E-state index contributed by atoms with van der Waals surface area (Å²) in [5, 5.41) is 0. The predicted octanol–water partition coefficient (Wildman–Crippen LogP) is 3.98. The summed E-state index contributed by atoms with van der Waals surface area (Å²) in [5.74, 6) is -3.40. The number of hydrogen-bond donors (Lipinski definition) is 2. The van der Waals surface area contributed by atoms with Gasteiger partial charge in [0, 0.05) is 25.1 Å². The van der Waals surface area contributed by atoms with Gasteiger partial charge in [0.25, 0.3) is 5.91 Å². The maximum absolute atomic E-state index is 13.8. The number of alkyl halides is 3. The van der Waals surface area contributed by atoms with E-state index in [1.165, 1.54) is 23.1 Å². The van der Waals surface area contributed by atoms with Gasteiger partial charge in [0.2, 0.25) is 5.91 Å². The number of carbonyl (C=O) groups excluding carboxylic acids is 2. The van der Waals surface area contributed by atoms with Gasteiger partial charge >= 0.3 is 6.18 Å². The normalized spacial score (nSPS) is 15.0. The Kier molecular flexibility index (Phi) is 6.23. The van der Waals surface area contributed by atoms with E-state index in [9.17, 15) is 31.5 Å². The molecule has 0 saturated carbocycles. The number of likely N-dealkylation sites (tertiary alicyclic amines) is 1. The molecule has 1 fully saturated rings. The summed E-state index contributed by atoms with van der Waals surface area (Å²) in [7, 11) is 0. The fourth-order valence-electron chi connectivity index (χ4n) is 3.25. The van der Waals surface area contributed by atoms with Crippen molar-refractivity contribution in [3.8, 4) is 0 Å². The molecule has 1 aliphatic rings. The van der Waals surface area contributed by atoms with Gasteiger partial charge in [0.15, 0.2) is 0 Å². The fraction of sp³-hybridized carbons (Fsp3) is 0.300. The number of hydrazine groups is 1. The Bertz CT molecular complexity index is 940. The third-order valence-corrected chi connectivity index (χ3v) is 4.87. The summed E-state index contributed by atoms with van der Waals surface area (Å²) < 4.78 is 65.8. The van der Waals surface area contributed by atoms with Crippen molar-refractivity contribution in [3.05, 3.63) is 65.2 Å². The van der Waals surface area contributed by atoms with Gasteiger partial charge in [-0.15, -0.1) is 0 Å². The van der Waals surface area contributed by atoms with Gasteiger partial charge in [0.05, 0.1) is 16.8 Å². The molecule has 0 bridgehead atoms. The number of rotatable bonds is 4. The van der Waals surface area contributed by atoms with Crippen molar-refractivity contribution in [2.24, 2.45) is 5.92 Å². The van der Waals surface area contributed by atoms with Crippen molar-refractivity contribution >= 4 is 17.5 Å². The predicted molar refractivity (Wildman–Crippen MR) is 98.2 cm³/mol. The van der Waals surface area contributed by atoms with Crippen molar-refractivity contribution < 1.29 is 31.5 Å². The van der Waals surface area contributed by atoms with Crippen LogP contribution in [-0.2, 0) is 11.0 Å². The molecule has 0 unspecified atom stereocenters. The lowest BCUT2D eigenvalue weighted by Gasteiger charge is -2.31. The highest BCUT2D eigenvalue weighted by Crippen LogP contribution is 2.34. The van der Waals surface area contributed by atoms with Crippen molar-refractivity contribution in [1.29, 1.82) is 0 Å². The highest BCUT2D eigenvalue weighted by molar-refractivity contribution is 5.94. The average molecular weight is 427 g/mol. The smallest absolute Gasteiger partial charge is 0.339 e. The standard InChI is InChI=1S/C20H18F5N3O2/c21-13-5-6-14(16(22)11-13)19(30)28-9-7-12(8-10-28)18(29)27-26-17-4-2-1-3-15(17)20(23,24)25/h1-6,11-12,26H,7-10H2,(H,27,29). The van der Waals surface area contributed by atoms with Gasteiger partial charge < -0.3 is 4.90 Å². The largest absolute Gasteiger partial charge is 0.418 e. The molecule has 2 N–H and O–H groups in total. The van der Waals surface area contributed by atoms with E-state index in [-0.39, 0.29) is 37.2 Å². The number of nitrogens with one attached hydrogen (secondary N) is 2. The van der Waals surface area contributed by atoms with Crippen molar-refractivity contribution in [1.82, 2.24) is 10.3 Å². The van der Waals surface area contributed by atoms with E-state index in [1.54, 1.807) is 0 Å². The van der Waals surface area contributed by atoms with E-state index < -0.39 is 41.1 Å².